The maximum absolute atomic E-state index is 11.0. The van der Waals surface area contributed by atoms with Crippen LogP contribution in [-0.2, 0) is 0 Å². The highest BCUT2D eigenvalue weighted by Gasteiger charge is 2.14. The molecule has 0 aliphatic heterocycles. The van der Waals surface area contributed by atoms with Crippen LogP contribution >= 0.6 is 0 Å². The number of aromatic carboxylic acids is 1. The monoisotopic (exact) mass is 268 g/mol. The zero-order chi connectivity index (χ0) is 14.3. The molecule has 1 aromatic carbocycles. The molecule has 1 N–H and O–H groups in total. The molecule has 0 amide bonds. The summed E-state index contributed by atoms with van der Waals surface area (Å²) in [6, 6.07) is 9.31. The highest BCUT2D eigenvalue weighted by Crippen LogP contribution is 2.20. The van der Waals surface area contributed by atoms with Gasteiger partial charge in [0.25, 0.3) is 0 Å². The largest absolute Gasteiger partial charge is 0.477 e. The Morgan fingerprint density at radius 2 is 1.85 bits per heavy atom. The van der Waals surface area contributed by atoms with Crippen molar-refractivity contribution in [3.05, 3.63) is 47.4 Å². The molecule has 0 radical (unpaired) electrons. The van der Waals surface area contributed by atoms with Crippen LogP contribution in [0.5, 0.6) is 0 Å². The molecule has 0 fully saturated rings. The van der Waals surface area contributed by atoms with E-state index in [4.69, 9.17) is 5.11 Å². The third-order valence-corrected chi connectivity index (χ3v) is 3.09. The van der Waals surface area contributed by atoms with Crippen molar-refractivity contribution < 1.29 is 9.90 Å². The van der Waals surface area contributed by atoms with E-state index in [1.165, 1.54) is 6.07 Å². The summed E-state index contributed by atoms with van der Waals surface area (Å²) in [5.41, 5.74) is 2.52. The lowest BCUT2D eigenvalue weighted by Crippen LogP contribution is -2.06. The summed E-state index contributed by atoms with van der Waals surface area (Å²) in [6.45, 7) is 3.75. The van der Waals surface area contributed by atoms with Gasteiger partial charge in [0, 0.05) is 11.6 Å². The Hall–Kier alpha value is -2.76. The second kappa shape index (κ2) is 4.41. The number of aryl methyl sites for hydroxylation is 2. The number of nitrogens with zero attached hydrogens (tertiary/aromatic N) is 4. The summed E-state index contributed by atoms with van der Waals surface area (Å²) in [7, 11) is 0. The quantitative estimate of drug-likeness (QED) is 0.769. The fourth-order valence-electron chi connectivity index (χ4n) is 2.09. The number of carboxylic acid groups (broad SMARTS) is 1. The van der Waals surface area contributed by atoms with Crippen LogP contribution in [0.4, 0.5) is 0 Å². The minimum atomic E-state index is -1.07. The Labute approximate surface area is 114 Å². The van der Waals surface area contributed by atoms with Crippen molar-refractivity contribution in [2.75, 3.05) is 0 Å². The molecule has 2 aromatic heterocycles. The molecular formula is C14H12N4O2. The SMILES string of the molecule is Cc1ccc(-c2nnc3cc(C(=O)O)nc(C)n23)cc1. The van der Waals surface area contributed by atoms with Crippen LogP contribution in [-0.4, -0.2) is 30.7 Å². The Morgan fingerprint density at radius 3 is 2.50 bits per heavy atom. The van der Waals surface area contributed by atoms with Gasteiger partial charge in [-0.15, -0.1) is 10.2 Å². The van der Waals surface area contributed by atoms with Crippen molar-refractivity contribution in [1.82, 2.24) is 19.6 Å². The molecule has 3 rings (SSSR count). The number of hydrogen-bond acceptors (Lipinski definition) is 4. The maximum atomic E-state index is 11.0. The first-order valence-corrected chi connectivity index (χ1v) is 6.09. The zero-order valence-electron chi connectivity index (χ0n) is 11.0. The van der Waals surface area contributed by atoms with E-state index in [1.807, 2.05) is 31.2 Å². The van der Waals surface area contributed by atoms with Crippen LogP contribution < -0.4 is 0 Å². The van der Waals surface area contributed by atoms with Gasteiger partial charge in [-0.1, -0.05) is 29.8 Å². The van der Waals surface area contributed by atoms with E-state index in [1.54, 1.807) is 11.3 Å². The van der Waals surface area contributed by atoms with E-state index in [-0.39, 0.29) is 5.69 Å². The smallest absolute Gasteiger partial charge is 0.354 e. The molecule has 20 heavy (non-hydrogen) atoms. The van der Waals surface area contributed by atoms with Gasteiger partial charge < -0.3 is 5.11 Å². The Kier molecular flexibility index (Phi) is 2.71. The van der Waals surface area contributed by atoms with Crippen molar-refractivity contribution >= 4 is 11.6 Å². The second-order valence-corrected chi connectivity index (χ2v) is 4.58. The van der Waals surface area contributed by atoms with Crippen molar-refractivity contribution in [3.63, 3.8) is 0 Å². The molecule has 0 aliphatic carbocycles. The summed E-state index contributed by atoms with van der Waals surface area (Å²) < 4.78 is 1.75. The first-order chi connectivity index (χ1) is 9.56. The lowest BCUT2D eigenvalue weighted by molar-refractivity contribution is 0.0690. The van der Waals surface area contributed by atoms with Crippen molar-refractivity contribution in [1.29, 1.82) is 0 Å². The lowest BCUT2D eigenvalue weighted by atomic mass is 10.1. The van der Waals surface area contributed by atoms with Crippen LogP contribution in [0.15, 0.2) is 30.3 Å². The lowest BCUT2D eigenvalue weighted by Gasteiger charge is -2.04. The Morgan fingerprint density at radius 1 is 1.15 bits per heavy atom. The van der Waals surface area contributed by atoms with E-state index in [0.29, 0.717) is 17.3 Å². The van der Waals surface area contributed by atoms with Crippen LogP contribution in [0.25, 0.3) is 17.0 Å². The normalized spacial score (nSPS) is 10.9. The van der Waals surface area contributed by atoms with Gasteiger partial charge in [0.1, 0.15) is 5.82 Å². The molecule has 0 unspecified atom stereocenters. The van der Waals surface area contributed by atoms with Gasteiger partial charge >= 0.3 is 5.97 Å². The molecule has 0 aliphatic rings. The summed E-state index contributed by atoms with van der Waals surface area (Å²) in [5.74, 6) is 0.123. The van der Waals surface area contributed by atoms with Gasteiger partial charge in [-0.25, -0.2) is 9.78 Å². The molecule has 2 heterocycles. The summed E-state index contributed by atoms with van der Waals surface area (Å²) >= 11 is 0. The molecule has 6 nitrogen and oxygen atoms in total. The van der Waals surface area contributed by atoms with Crippen LogP contribution in [0.3, 0.4) is 0 Å². The minimum absolute atomic E-state index is 0.0298. The highest BCUT2D eigenvalue weighted by atomic mass is 16.4. The predicted molar refractivity (Wildman–Crippen MR) is 72.7 cm³/mol. The number of hydrogen-bond donors (Lipinski definition) is 1. The average molecular weight is 268 g/mol. The molecular weight excluding hydrogens is 256 g/mol. The van der Waals surface area contributed by atoms with Crippen molar-refractivity contribution in [3.8, 4) is 11.4 Å². The molecule has 0 saturated heterocycles. The molecule has 0 atom stereocenters. The van der Waals surface area contributed by atoms with Crippen molar-refractivity contribution in [2.24, 2.45) is 0 Å². The summed E-state index contributed by atoms with van der Waals surface area (Å²) in [6.07, 6.45) is 0. The van der Waals surface area contributed by atoms with Gasteiger partial charge in [-0.05, 0) is 13.8 Å². The first-order valence-electron chi connectivity index (χ1n) is 6.09. The second-order valence-electron chi connectivity index (χ2n) is 4.58. The zero-order valence-corrected chi connectivity index (χ0v) is 11.0. The molecule has 6 heteroatoms. The predicted octanol–water partition coefficient (Wildman–Crippen LogP) is 2.11. The molecule has 0 saturated carbocycles. The van der Waals surface area contributed by atoms with Gasteiger partial charge in [-0.3, -0.25) is 4.40 Å². The van der Waals surface area contributed by atoms with Crippen molar-refractivity contribution in [2.45, 2.75) is 13.8 Å². The van der Waals surface area contributed by atoms with Crippen LogP contribution in [0, 0.1) is 13.8 Å². The van der Waals surface area contributed by atoms with Crippen LogP contribution in [0.2, 0.25) is 0 Å². The van der Waals surface area contributed by atoms with E-state index >= 15 is 0 Å². The van der Waals surface area contributed by atoms with Gasteiger partial charge in [0.2, 0.25) is 0 Å². The van der Waals surface area contributed by atoms with Gasteiger partial charge in [0.15, 0.2) is 17.2 Å². The number of carbonyl (C=O) groups is 1. The van der Waals surface area contributed by atoms with E-state index < -0.39 is 5.97 Å². The molecule has 3 aromatic rings. The third kappa shape index (κ3) is 1.91. The highest BCUT2D eigenvalue weighted by molar-refractivity contribution is 5.86. The fraction of sp³-hybridized carbons (Fsp3) is 0.143. The maximum Gasteiger partial charge on any atom is 0.354 e. The number of rotatable bonds is 2. The third-order valence-electron chi connectivity index (χ3n) is 3.09. The van der Waals surface area contributed by atoms with E-state index in [0.717, 1.165) is 11.1 Å². The summed E-state index contributed by atoms with van der Waals surface area (Å²) in [5, 5.41) is 17.2. The van der Waals surface area contributed by atoms with E-state index in [9.17, 15) is 4.79 Å². The van der Waals surface area contributed by atoms with Crippen LogP contribution in [0.1, 0.15) is 21.9 Å². The van der Waals surface area contributed by atoms with Gasteiger partial charge in [-0.2, -0.15) is 0 Å². The summed E-state index contributed by atoms with van der Waals surface area (Å²) in [4.78, 5) is 15.1. The minimum Gasteiger partial charge on any atom is -0.477 e. The first kappa shape index (κ1) is 12.3. The molecule has 100 valence electrons. The molecule has 0 bridgehead atoms. The average Bonchev–Trinajstić information content (AvgIpc) is 2.84. The Balaban J connectivity index is 2.23. The molecule has 0 spiro atoms. The van der Waals surface area contributed by atoms with E-state index in [2.05, 4.69) is 15.2 Å². The number of fused-ring (bicyclic) bond motifs is 1. The standard InChI is InChI=1S/C14H12N4O2/c1-8-3-5-10(6-4-8)13-17-16-12-7-11(14(19)20)15-9(2)18(12)13/h3-7H,1-2H3,(H,19,20). The topological polar surface area (TPSA) is 80.4 Å². The van der Waals surface area contributed by atoms with Gasteiger partial charge in [0.05, 0.1) is 0 Å². The fourth-order valence-corrected chi connectivity index (χ4v) is 2.09. The Bertz CT molecular complexity index is 806. The number of benzene rings is 1. The number of carboxylic acids is 1. The number of aromatic nitrogens is 4.